The molecular formula is C18H23FN2O4. The third kappa shape index (κ3) is 7.15. The second-order valence-corrected chi connectivity index (χ2v) is 5.53. The Morgan fingerprint density at radius 2 is 1.84 bits per heavy atom. The third-order valence-corrected chi connectivity index (χ3v) is 3.51. The number of nitrogens with one attached hydrogen (secondary N) is 2. The smallest absolute Gasteiger partial charge is 0.328 e. The van der Waals surface area contributed by atoms with E-state index in [2.05, 4.69) is 21.9 Å². The number of carbonyl (C=O) groups excluding carboxylic acids is 3. The van der Waals surface area contributed by atoms with Crippen molar-refractivity contribution in [2.75, 3.05) is 7.11 Å². The number of methoxy groups -OCH3 is 1. The monoisotopic (exact) mass is 350 g/mol. The number of rotatable bonds is 9. The lowest BCUT2D eigenvalue weighted by molar-refractivity contribution is -0.145. The zero-order chi connectivity index (χ0) is 18.8. The van der Waals surface area contributed by atoms with E-state index in [0.717, 1.165) is 0 Å². The second-order valence-electron chi connectivity index (χ2n) is 5.53. The fourth-order valence-corrected chi connectivity index (χ4v) is 2.26. The van der Waals surface area contributed by atoms with Crippen LogP contribution in [0.1, 0.15) is 25.3 Å². The first-order chi connectivity index (χ1) is 11.9. The van der Waals surface area contributed by atoms with E-state index >= 15 is 0 Å². The van der Waals surface area contributed by atoms with Gasteiger partial charge in [-0.15, -0.1) is 6.58 Å². The van der Waals surface area contributed by atoms with Crippen molar-refractivity contribution < 1.29 is 23.5 Å². The Balaban J connectivity index is 2.86. The number of esters is 1. The van der Waals surface area contributed by atoms with Gasteiger partial charge in [0.25, 0.3) is 0 Å². The highest BCUT2D eigenvalue weighted by Crippen LogP contribution is 2.08. The first kappa shape index (κ1) is 20.3. The van der Waals surface area contributed by atoms with E-state index in [9.17, 15) is 18.8 Å². The lowest BCUT2D eigenvalue weighted by Gasteiger charge is -2.21. The summed E-state index contributed by atoms with van der Waals surface area (Å²) in [5, 5.41) is 5.13. The van der Waals surface area contributed by atoms with Gasteiger partial charge in [-0.1, -0.05) is 18.2 Å². The van der Waals surface area contributed by atoms with Gasteiger partial charge >= 0.3 is 5.97 Å². The first-order valence-electron chi connectivity index (χ1n) is 7.88. The van der Waals surface area contributed by atoms with E-state index in [1.54, 1.807) is 6.08 Å². The molecule has 1 aromatic rings. The van der Waals surface area contributed by atoms with Gasteiger partial charge in [0.2, 0.25) is 11.8 Å². The van der Waals surface area contributed by atoms with Gasteiger partial charge in [0.15, 0.2) is 0 Å². The fraction of sp³-hybridized carbons (Fsp3) is 0.389. The molecule has 0 spiro atoms. The van der Waals surface area contributed by atoms with Gasteiger partial charge in [0.1, 0.15) is 17.9 Å². The predicted octanol–water partition coefficient (Wildman–Crippen LogP) is 1.50. The van der Waals surface area contributed by atoms with Crippen LogP contribution in [0.15, 0.2) is 36.9 Å². The number of benzene rings is 1. The van der Waals surface area contributed by atoms with Crippen molar-refractivity contribution in [1.82, 2.24) is 10.6 Å². The Hall–Kier alpha value is -2.70. The largest absolute Gasteiger partial charge is 0.467 e. The van der Waals surface area contributed by atoms with Gasteiger partial charge < -0.3 is 15.4 Å². The van der Waals surface area contributed by atoms with Crippen LogP contribution in [-0.2, 0) is 25.5 Å². The Morgan fingerprint density at radius 3 is 2.36 bits per heavy atom. The Labute approximate surface area is 146 Å². The maximum absolute atomic E-state index is 13.0. The van der Waals surface area contributed by atoms with E-state index < -0.39 is 24.0 Å². The maximum atomic E-state index is 13.0. The van der Waals surface area contributed by atoms with E-state index in [-0.39, 0.29) is 18.1 Å². The molecule has 0 saturated heterocycles. The van der Waals surface area contributed by atoms with Crippen molar-refractivity contribution >= 4 is 17.8 Å². The van der Waals surface area contributed by atoms with Crippen LogP contribution < -0.4 is 10.6 Å². The molecule has 0 heterocycles. The van der Waals surface area contributed by atoms with E-state index in [4.69, 9.17) is 0 Å². The van der Waals surface area contributed by atoms with E-state index in [0.29, 0.717) is 18.4 Å². The molecule has 2 amide bonds. The van der Waals surface area contributed by atoms with Gasteiger partial charge in [-0.3, -0.25) is 9.59 Å². The van der Waals surface area contributed by atoms with Crippen molar-refractivity contribution in [1.29, 1.82) is 0 Å². The second kappa shape index (κ2) is 10.2. The first-order valence-corrected chi connectivity index (χ1v) is 7.88. The standard InChI is InChI=1S/C18H23FN2O4/c1-4-5-6-15(18(24)25-3)21-17(23)16(20-12(2)22)11-13-7-9-14(19)10-8-13/h4,7-10,15-16H,1,5-6,11H2,2-3H3,(H,20,22)(H,21,23)/t15-,16+/m0/s1. The van der Waals surface area contributed by atoms with Gasteiger partial charge in [-0.05, 0) is 30.5 Å². The van der Waals surface area contributed by atoms with Crippen LogP contribution in [0.5, 0.6) is 0 Å². The van der Waals surface area contributed by atoms with Crippen LogP contribution in [0, 0.1) is 5.82 Å². The number of halogens is 1. The zero-order valence-corrected chi connectivity index (χ0v) is 14.4. The molecule has 25 heavy (non-hydrogen) atoms. The third-order valence-electron chi connectivity index (χ3n) is 3.51. The molecule has 0 saturated carbocycles. The Bertz CT molecular complexity index is 616. The Morgan fingerprint density at radius 1 is 1.20 bits per heavy atom. The minimum absolute atomic E-state index is 0.168. The molecule has 0 aliphatic carbocycles. The van der Waals surface area contributed by atoms with Crippen molar-refractivity contribution in [2.24, 2.45) is 0 Å². The molecule has 0 radical (unpaired) electrons. The highest BCUT2D eigenvalue weighted by Gasteiger charge is 2.26. The van der Waals surface area contributed by atoms with Gasteiger partial charge in [0, 0.05) is 13.3 Å². The van der Waals surface area contributed by atoms with Gasteiger partial charge in [-0.25, -0.2) is 9.18 Å². The van der Waals surface area contributed by atoms with E-state index in [1.165, 1.54) is 38.3 Å². The molecular weight excluding hydrogens is 327 g/mol. The lowest BCUT2D eigenvalue weighted by atomic mass is 10.0. The molecule has 6 nitrogen and oxygen atoms in total. The molecule has 0 aliphatic rings. The average Bonchev–Trinajstić information content (AvgIpc) is 2.58. The number of amides is 2. The fourth-order valence-electron chi connectivity index (χ4n) is 2.26. The summed E-state index contributed by atoms with van der Waals surface area (Å²) < 4.78 is 17.7. The molecule has 136 valence electrons. The normalized spacial score (nSPS) is 12.6. The van der Waals surface area contributed by atoms with Crippen LogP contribution in [0.25, 0.3) is 0 Å². The molecule has 0 aliphatic heterocycles. The number of hydrogen-bond acceptors (Lipinski definition) is 4. The van der Waals surface area contributed by atoms with E-state index in [1.807, 2.05) is 0 Å². The molecule has 1 rings (SSSR count). The zero-order valence-electron chi connectivity index (χ0n) is 14.4. The number of hydrogen-bond donors (Lipinski definition) is 2. The van der Waals surface area contributed by atoms with Gasteiger partial charge in [-0.2, -0.15) is 0 Å². The number of carbonyl (C=O) groups is 3. The van der Waals surface area contributed by atoms with Crippen molar-refractivity contribution in [3.05, 3.63) is 48.3 Å². The number of ether oxygens (including phenoxy) is 1. The van der Waals surface area contributed by atoms with Gasteiger partial charge in [0.05, 0.1) is 7.11 Å². The van der Waals surface area contributed by atoms with Crippen LogP contribution >= 0.6 is 0 Å². The summed E-state index contributed by atoms with van der Waals surface area (Å²) in [6.45, 7) is 4.87. The Kier molecular flexibility index (Phi) is 8.32. The topological polar surface area (TPSA) is 84.5 Å². The number of allylic oxidation sites excluding steroid dienone is 1. The minimum atomic E-state index is -0.890. The molecule has 0 bridgehead atoms. The summed E-state index contributed by atoms with van der Waals surface area (Å²) in [5.74, 6) is -1.86. The van der Waals surface area contributed by atoms with Crippen molar-refractivity contribution in [2.45, 2.75) is 38.3 Å². The average molecular weight is 350 g/mol. The van der Waals surface area contributed by atoms with Crippen LogP contribution in [0.2, 0.25) is 0 Å². The summed E-state index contributed by atoms with van der Waals surface area (Å²) in [6, 6.07) is 3.90. The molecule has 0 aromatic heterocycles. The predicted molar refractivity (Wildman–Crippen MR) is 91.1 cm³/mol. The minimum Gasteiger partial charge on any atom is -0.467 e. The molecule has 0 fully saturated rings. The van der Waals surface area contributed by atoms with Crippen LogP contribution in [0.4, 0.5) is 4.39 Å². The highest BCUT2D eigenvalue weighted by molar-refractivity contribution is 5.90. The molecule has 7 heteroatoms. The lowest BCUT2D eigenvalue weighted by Crippen LogP contribution is -2.52. The van der Waals surface area contributed by atoms with Crippen molar-refractivity contribution in [3.8, 4) is 0 Å². The maximum Gasteiger partial charge on any atom is 0.328 e. The molecule has 2 N–H and O–H groups in total. The summed E-state index contributed by atoms with van der Waals surface area (Å²) in [6.07, 6.45) is 2.65. The summed E-state index contributed by atoms with van der Waals surface area (Å²) in [7, 11) is 1.24. The SMILES string of the molecule is C=CCC[C@H](NC(=O)[C@@H](Cc1ccc(F)cc1)NC(C)=O)C(=O)OC. The van der Waals surface area contributed by atoms with Crippen LogP contribution in [0.3, 0.4) is 0 Å². The highest BCUT2D eigenvalue weighted by atomic mass is 19.1. The van der Waals surface area contributed by atoms with Crippen LogP contribution in [-0.4, -0.2) is 37.0 Å². The molecule has 1 aromatic carbocycles. The molecule has 2 atom stereocenters. The molecule has 0 unspecified atom stereocenters. The summed E-state index contributed by atoms with van der Waals surface area (Å²) in [5.41, 5.74) is 0.677. The summed E-state index contributed by atoms with van der Waals surface area (Å²) >= 11 is 0. The quantitative estimate of drug-likeness (QED) is 0.522. The summed E-state index contributed by atoms with van der Waals surface area (Å²) in [4.78, 5) is 35.7. The van der Waals surface area contributed by atoms with Crippen molar-refractivity contribution in [3.63, 3.8) is 0 Å².